The van der Waals surface area contributed by atoms with Gasteiger partial charge in [-0.15, -0.1) is 18.2 Å². The van der Waals surface area contributed by atoms with Crippen molar-refractivity contribution in [1.29, 1.82) is 0 Å². The minimum absolute atomic E-state index is 0.313. The molecule has 1 aromatic heterocycles. The molecular formula is C14H12O2S. The molecule has 3 heteroatoms. The van der Waals surface area contributed by atoms with Gasteiger partial charge in [0, 0.05) is 16.3 Å². The normalized spacial score (nSPS) is 10.4. The molecule has 0 saturated carbocycles. The fourth-order valence-corrected chi connectivity index (χ4v) is 2.45. The quantitative estimate of drug-likeness (QED) is 0.462. The Hall–Kier alpha value is -1.66. The first kappa shape index (κ1) is 11.8. The van der Waals surface area contributed by atoms with Gasteiger partial charge in [0.15, 0.2) is 0 Å². The summed E-state index contributed by atoms with van der Waals surface area (Å²) in [6.45, 7) is 3.94. The number of fused-ring (bicyclic) bond motifs is 1. The molecule has 2 rings (SSSR count). The van der Waals surface area contributed by atoms with E-state index >= 15 is 0 Å². The lowest BCUT2D eigenvalue weighted by atomic mass is 10.1. The highest BCUT2D eigenvalue weighted by Crippen LogP contribution is 2.28. The van der Waals surface area contributed by atoms with E-state index < -0.39 is 0 Å². The van der Waals surface area contributed by atoms with Crippen LogP contribution in [0.1, 0.15) is 11.1 Å². The van der Waals surface area contributed by atoms with E-state index in [1.807, 2.05) is 26.0 Å². The Kier molecular flexibility index (Phi) is 3.26. The molecule has 0 unspecified atom stereocenters. The molecular weight excluding hydrogens is 232 g/mol. The SMILES string of the molecule is C#CCSc1cc2oc(=O)cc(C)c2cc1C. The van der Waals surface area contributed by atoms with E-state index in [-0.39, 0.29) is 5.63 Å². The molecule has 0 bridgehead atoms. The highest BCUT2D eigenvalue weighted by Gasteiger charge is 2.06. The maximum absolute atomic E-state index is 11.3. The molecule has 0 aliphatic rings. The molecule has 0 fully saturated rings. The van der Waals surface area contributed by atoms with Gasteiger partial charge < -0.3 is 4.42 Å². The van der Waals surface area contributed by atoms with Crippen molar-refractivity contribution < 1.29 is 4.42 Å². The highest BCUT2D eigenvalue weighted by atomic mass is 32.2. The van der Waals surface area contributed by atoms with E-state index in [4.69, 9.17) is 10.8 Å². The Morgan fingerprint density at radius 3 is 2.76 bits per heavy atom. The second-order valence-electron chi connectivity index (χ2n) is 3.86. The maximum Gasteiger partial charge on any atom is 0.336 e. The third-order valence-corrected chi connectivity index (χ3v) is 3.62. The predicted molar refractivity (Wildman–Crippen MR) is 71.5 cm³/mol. The summed E-state index contributed by atoms with van der Waals surface area (Å²) < 4.78 is 5.20. The van der Waals surface area contributed by atoms with Gasteiger partial charge in [-0.05, 0) is 37.1 Å². The Balaban J connectivity index is 2.64. The van der Waals surface area contributed by atoms with Crippen molar-refractivity contribution >= 4 is 22.7 Å². The summed E-state index contributed by atoms with van der Waals surface area (Å²) >= 11 is 1.58. The average molecular weight is 244 g/mol. The van der Waals surface area contributed by atoms with Crippen molar-refractivity contribution in [3.63, 3.8) is 0 Å². The maximum atomic E-state index is 11.3. The second-order valence-corrected chi connectivity index (χ2v) is 4.87. The molecule has 0 saturated heterocycles. The largest absolute Gasteiger partial charge is 0.423 e. The van der Waals surface area contributed by atoms with Gasteiger partial charge in [-0.25, -0.2) is 4.79 Å². The van der Waals surface area contributed by atoms with Crippen LogP contribution in [0, 0.1) is 26.2 Å². The van der Waals surface area contributed by atoms with Crippen LogP contribution in [-0.2, 0) is 0 Å². The van der Waals surface area contributed by atoms with Gasteiger partial charge in [0.05, 0.1) is 5.75 Å². The van der Waals surface area contributed by atoms with Crippen LogP contribution in [0.2, 0.25) is 0 Å². The first-order valence-electron chi connectivity index (χ1n) is 5.23. The van der Waals surface area contributed by atoms with Crippen LogP contribution in [-0.4, -0.2) is 5.75 Å². The van der Waals surface area contributed by atoms with E-state index in [0.717, 1.165) is 21.4 Å². The van der Waals surface area contributed by atoms with Crippen LogP contribution in [0.4, 0.5) is 0 Å². The summed E-state index contributed by atoms with van der Waals surface area (Å²) in [6.07, 6.45) is 5.24. The fourth-order valence-electron chi connectivity index (χ4n) is 1.73. The molecule has 1 aromatic carbocycles. The number of benzene rings is 1. The molecule has 2 aromatic rings. The summed E-state index contributed by atoms with van der Waals surface area (Å²) in [5, 5.41) is 0.979. The van der Waals surface area contributed by atoms with Gasteiger partial charge in [0.25, 0.3) is 0 Å². The minimum Gasteiger partial charge on any atom is -0.423 e. The monoisotopic (exact) mass is 244 g/mol. The predicted octanol–water partition coefficient (Wildman–Crippen LogP) is 3.14. The van der Waals surface area contributed by atoms with Crippen LogP contribution in [0.5, 0.6) is 0 Å². The van der Waals surface area contributed by atoms with Crippen LogP contribution in [0.15, 0.2) is 32.3 Å². The minimum atomic E-state index is -0.313. The highest BCUT2D eigenvalue weighted by molar-refractivity contribution is 7.99. The number of rotatable bonds is 2. The van der Waals surface area contributed by atoms with Crippen LogP contribution >= 0.6 is 11.8 Å². The van der Waals surface area contributed by atoms with Gasteiger partial charge >= 0.3 is 5.63 Å². The molecule has 0 N–H and O–H groups in total. The lowest BCUT2D eigenvalue weighted by molar-refractivity contribution is 0.559. The Labute approximate surface area is 104 Å². The molecule has 0 spiro atoms. The van der Waals surface area contributed by atoms with Crippen molar-refractivity contribution in [1.82, 2.24) is 0 Å². The molecule has 86 valence electrons. The van der Waals surface area contributed by atoms with E-state index in [1.54, 1.807) is 11.8 Å². The summed E-state index contributed by atoms with van der Waals surface area (Å²) in [6, 6.07) is 5.43. The standard InChI is InChI=1S/C14H12O2S/c1-4-5-17-13-8-12-11(6-10(13)3)9(2)7-14(15)16-12/h1,6-8H,5H2,2-3H3. The lowest BCUT2D eigenvalue weighted by Gasteiger charge is -2.06. The van der Waals surface area contributed by atoms with E-state index in [1.165, 1.54) is 6.07 Å². The van der Waals surface area contributed by atoms with Crippen molar-refractivity contribution in [2.24, 2.45) is 0 Å². The number of terminal acetylenes is 1. The lowest BCUT2D eigenvalue weighted by Crippen LogP contribution is -1.98. The van der Waals surface area contributed by atoms with Crippen molar-refractivity contribution in [3.05, 3.63) is 39.7 Å². The van der Waals surface area contributed by atoms with Crippen LogP contribution in [0.25, 0.3) is 11.0 Å². The van der Waals surface area contributed by atoms with E-state index in [0.29, 0.717) is 11.3 Å². The molecule has 0 radical (unpaired) electrons. The van der Waals surface area contributed by atoms with E-state index in [9.17, 15) is 4.79 Å². The number of hydrogen-bond acceptors (Lipinski definition) is 3. The third-order valence-electron chi connectivity index (χ3n) is 2.56. The summed E-state index contributed by atoms with van der Waals surface area (Å²) in [7, 11) is 0. The zero-order valence-electron chi connectivity index (χ0n) is 9.74. The van der Waals surface area contributed by atoms with Gasteiger partial charge in [-0.1, -0.05) is 5.92 Å². The zero-order valence-corrected chi connectivity index (χ0v) is 10.6. The Morgan fingerprint density at radius 1 is 1.29 bits per heavy atom. The summed E-state index contributed by atoms with van der Waals surface area (Å²) in [5.41, 5.74) is 2.40. The van der Waals surface area contributed by atoms with Gasteiger partial charge in [0.2, 0.25) is 0 Å². The first-order chi connectivity index (χ1) is 8.11. The number of thioether (sulfide) groups is 1. The third kappa shape index (κ3) is 2.37. The zero-order chi connectivity index (χ0) is 12.4. The second kappa shape index (κ2) is 4.68. The molecule has 0 aliphatic carbocycles. The van der Waals surface area contributed by atoms with Gasteiger partial charge in [0.1, 0.15) is 5.58 Å². The van der Waals surface area contributed by atoms with Crippen molar-refractivity contribution in [2.75, 3.05) is 5.75 Å². The average Bonchev–Trinajstić information content (AvgIpc) is 2.27. The van der Waals surface area contributed by atoms with Crippen LogP contribution in [0.3, 0.4) is 0 Å². The van der Waals surface area contributed by atoms with E-state index in [2.05, 4.69) is 5.92 Å². The Bertz CT molecular complexity index is 662. The molecule has 0 atom stereocenters. The van der Waals surface area contributed by atoms with Crippen molar-refractivity contribution in [2.45, 2.75) is 18.7 Å². The molecule has 0 aliphatic heterocycles. The fraction of sp³-hybridized carbons (Fsp3) is 0.214. The summed E-state index contributed by atoms with van der Waals surface area (Å²) in [4.78, 5) is 12.4. The number of hydrogen-bond donors (Lipinski definition) is 0. The molecule has 1 heterocycles. The first-order valence-corrected chi connectivity index (χ1v) is 6.22. The summed E-state index contributed by atoms with van der Waals surface area (Å²) in [5.74, 6) is 3.20. The van der Waals surface area contributed by atoms with Crippen molar-refractivity contribution in [3.8, 4) is 12.3 Å². The van der Waals surface area contributed by atoms with Gasteiger partial charge in [-0.3, -0.25) is 0 Å². The van der Waals surface area contributed by atoms with Crippen LogP contribution < -0.4 is 5.63 Å². The topological polar surface area (TPSA) is 30.2 Å². The van der Waals surface area contributed by atoms with Gasteiger partial charge in [-0.2, -0.15) is 0 Å². The number of aryl methyl sites for hydroxylation is 2. The molecule has 0 amide bonds. The molecule has 2 nitrogen and oxygen atoms in total. The molecule has 17 heavy (non-hydrogen) atoms. The Morgan fingerprint density at radius 2 is 2.06 bits per heavy atom. The smallest absolute Gasteiger partial charge is 0.336 e.